The largest absolute Gasteiger partial charge is 0.341 e. The Labute approximate surface area is 114 Å². The molecule has 2 aliphatic heterocycles. The molecule has 2 unspecified atom stereocenters. The molecule has 2 rings (SSSR count). The maximum absolute atomic E-state index is 12.2. The van der Waals surface area contributed by atoms with Crippen LogP contribution in [0.3, 0.4) is 0 Å². The standard InChI is InChI=1S/C12H23N3O3S/c1-14(11-4-6-19(17,18)9-11)12(16)8-15-5-2-3-10(13)7-15/h10-11H,2-9,13H2,1H3. The van der Waals surface area contributed by atoms with Crippen LogP contribution in [0.4, 0.5) is 0 Å². The topological polar surface area (TPSA) is 83.7 Å². The Hall–Kier alpha value is -0.660. The molecule has 0 spiro atoms. The summed E-state index contributed by atoms with van der Waals surface area (Å²) in [5.74, 6) is 0.301. The van der Waals surface area contributed by atoms with E-state index in [1.807, 2.05) is 0 Å². The van der Waals surface area contributed by atoms with E-state index in [0.29, 0.717) is 13.0 Å². The van der Waals surface area contributed by atoms with Gasteiger partial charge in [-0.15, -0.1) is 0 Å². The minimum Gasteiger partial charge on any atom is -0.341 e. The third-order valence-corrected chi connectivity index (χ3v) is 5.80. The van der Waals surface area contributed by atoms with Crippen molar-refractivity contribution in [3.05, 3.63) is 0 Å². The van der Waals surface area contributed by atoms with Gasteiger partial charge in [-0.05, 0) is 25.8 Å². The van der Waals surface area contributed by atoms with E-state index in [4.69, 9.17) is 5.73 Å². The number of nitrogens with zero attached hydrogens (tertiary/aromatic N) is 2. The molecule has 110 valence electrons. The summed E-state index contributed by atoms with van der Waals surface area (Å²) in [7, 11) is -1.24. The number of carbonyl (C=O) groups excluding carboxylic acids is 1. The fraction of sp³-hybridized carbons (Fsp3) is 0.917. The van der Waals surface area contributed by atoms with Crippen LogP contribution in [0.25, 0.3) is 0 Å². The highest BCUT2D eigenvalue weighted by Crippen LogP contribution is 2.17. The summed E-state index contributed by atoms with van der Waals surface area (Å²) in [6, 6.07) is -0.00493. The van der Waals surface area contributed by atoms with Crippen molar-refractivity contribution in [2.24, 2.45) is 5.73 Å². The lowest BCUT2D eigenvalue weighted by Crippen LogP contribution is -2.49. The van der Waals surface area contributed by atoms with Crippen LogP contribution < -0.4 is 5.73 Å². The minimum absolute atomic E-state index is 0.00352. The van der Waals surface area contributed by atoms with Crippen molar-refractivity contribution in [3.8, 4) is 0 Å². The SMILES string of the molecule is CN(C(=O)CN1CCCC(N)C1)C1CCS(=O)(=O)C1. The average Bonchev–Trinajstić information content (AvgIpc) is 2.68. The molecule has 0 aromatic heterocycles. The third-order valence-electron chi connectivity index (χ3n) is 4.05. The van der Waals surface area contributed by atoms with Gasteiger partial charge in [0.15, 0.2) is 9.84 Å². The van der Waals surface area contributed by atoms with Gasteiger partial charge >= 0.3 is 0 Å². The van der Waals surface area contributed by atoms with Gasteiger partial charge in [-0.25, -0.2) is 8.42 Å². The predicted octanol–water partition coefficient (Wildman–Crippen LogP) is -0.945. The molecule has 2 atom stereocenters. The van der Waals surface area contributed by atoms with E-state index < -0.39 is 9.84 Å². The van der Waals surface area contributed by atoms with Crippen LogP contribution in [0.2, 0.25) is 0 Å². The number of nitrogens with two attached hydrogens (primary N) is 1. The maximum atomic E-state index is 12.2. The quantitative estimate of drug-likeness (QED) is 0.724. The number of hydrogen-bond donors (Lipinski definition) is 1. The molecule has 19 heavy (non-hydrogen) atoms. The number of sulfone groups is 1. The van der Waals surface area contributed by atoms with Gasteiger partial charge in [-0.2, -0.15) is 0 Å². The van der Waals surface area contributed by atoms with Crippen molar-refractivity contribution in [2.75, 3.05) is 38.2 Å². The Bertz CT molecular complexity index is 438. The Morgan fingerprint density at radius 1 is 1.42 bits per heavy atom. The van der Waals surface area contributed by atoms with Crippen LogP contribution >= 0.6 is 0 Å². The molecule has 2 N–H and O–H groups in total. The molecule has 2 aliphatic rings. The first kappa shape index (κ1) is 14.7. The first-order valence-electron chi connectivity index (χ1n) is 6.81. The monoisotopic (exact) mass is 289 g/mol. The Balaban J connectivity index is 1.86. The lowest BCUT2D eigenvalue weighted by atomic mass is 10.1. The predicted molar refractivity (Wildman–Crippen MR) is 73.5 cm³/mol. The first-order chi connectivity index (χ1) is 8.87. The summed E-state index contributed by atoms with van der Waals surface area (Å²) in [6.07, 6.45) is 2.60. The fourth-order valence-electron chi connectivity index (χ4n) is 2.82. The van der Waals surface area contributed by atoms with Gasteiger partial charge < -0.3 is 10.6 Å². The van der Waals surface area contributed by atoms with Crippen molar-refractivity contribution in [1.82, 2.24) is 9.80 Å². The van der Waals surface area contributed by atoms with Crippen molar-refractivity contribution in [2.45, 2.75) is 31.3 Å². The van der Waals surface area contributed by atoms with Gasteiger partial charge in [0.1, 0.15) is 0 Å². The van der Waals surface area contributed by atoms with E-state index in [9.17, 15) is 13.2 Å². The van der Waals surface area contributed by atoms with Crippen molar-refractivity contribution in [3.63, 3.8) is 0 Å². The molecule has 0 aromatic rings. The lowest BCUT2D eigenvalue weighted by Gasteiger charge is -2.32. The zero-order chi connectivity index (χ0) is 14.0. The van der Waals surface area contributed by atoms with Gasteiger partial charge in [0.25, 0.3) is 0 Å². The van der Waals surface area contributed by atoms with Crippen LogP contribution in [0.1, 0.15) is 19.3 Å². The van der Waals surface area contributed by atoms with E-state index in [2.05, 4.69) is 4.90 Å². The van der Waals surface area contributed by atoms with Crippen molar-refractivity contribution < 1.29 is 13.2 Å². The molecule has 7 heteroatoms. The second-order valence-electron chi connectivity index (χ2n) is 5.70. The van der Waals surface area contributed by atoms with Gasteiger partial charge in [-0.3, -0.25) is 9.69 Å². The van der Waals surface area contributed by atoms with Crippen molar-refractivity contribution in [1.29, 1.82) is 0 Å². The summed E-state index contributed by atoms with van der Waals surface area (Å²) < 4.78 is 22.9. The minimum atomic E-state index is -2.94. The zero-order valence-electron chi connectivity index (χ0n) is 11.4. The number of amides is 1. The van der Waals surface area contributed by atoms with E-state index in [1.165, 1.54) is 0 Å². The molecule has 0 aliphatic carbocycles. The second-order valence-corrected chi connectivity index (χ2v) is 7.93. The summed E-state index contributed by atoms with van der Waals surface area (Å²) in [6.45, 7) is 2.00. The molecular formula is C12H23N3O3S. The van der Waals surface area contributed by atoms with E-state index in [0.717, 1.165) is 25.9 Å². The Kier molecular flexibility index (Phi) is 4.47. The number of hydrogen-bond acceptors (Lipinski definition) is 5. The molecule has 0 bridgehead atoms. The molecule has 0 aromatic carbocycles. The molecule has 6 nitrogen and oxygen atoms in total. The van der Waals surface area contributed by atoms with Gasteiger partial charge in [-0.1, -0.05) is 0 Å². The smallest absolute Gasteiger partial charge is 0.236 e. The van der Waals surface area contributed by atoms with Gasteiger partial charge in [0.05, 0.1) is 18.1 Å². The Morgan fingerprint density at radius 2 is 2.16 bits per heavy atom. The summed E-state index contributed by atoms with van der Waals surface area (Å²) in [4.78, 5) is 15.8. The number of rotatable bonds is 3. The highest BCUT2D eigenvalue weighted by molar-refractivity contribution is 7.91. The molecule has 2 heterocycles. The average molecular weight is 289 g/mol. The molecule has 0 saturated carbocycles. The highest BCUT2D eigenvalue weighted by Gasteiger charge is 2.33. The fourth-order valence-corrected chi connectivity index (χ4v) is 4.60. The second kappa shape index (κ2) is 5.76. The van der Waals surface area contributed by atoms with E-state index in [1.54, 1.807) is 11.9 Å². The summed E-state index contributed by atoms with van der Waals surface area (Å²) in [5.41, 5.74) is 5.89. The van der Waals surface area contributed by atoms with Crippen LogP contribution in [0.5, 0.6) is 0 Å². The number of likely N-dealkylation sites (N-methyl/N-ethyl adjacent to an activating group) is 1. The lowest BCUT2D eigenvalue weighted by molar-refractivity contribution is -0.133. The van der Waals surface area contributed by atoms with Crippen molar-refractivity contribution >= 4 is 15.7 Å². The number of piperidine rings is 1. The highest BCUT2D eigenvalue weighted by atomic mass is 32.2. The maximum Gasteiger partial charge on any atom is 0.236 e. The summed E-state index contributed by atoms with van der Waals surface area (Å²) >= 11 is 0. The molecule has 2 saturated heterocycles. The normalized spacial score (nSPS) is 31.3. The molecule has 2 fully saturated rings. The number of likely N-dealkylation sites (tertiary alicyclic amines) is 1. The summed E-state index contributed by atoms with van der Waals surface area (Å²) in [5, 5.41) is 0. The van der Waals surface area contributed by atoms with Gasteiger partial charge in [0.2, 0.25) is 5.91 Å². The van der Waals surface area contributed by atoms with Crippen LogP contribution in [-0.4, -0.2) is 74.4 Å². The molecule has 0 radical (unpaired) electrons. The first-order valence-corrected chi connectivity index (χ1v) is 8.63. The zero-order valence-corrected chi connectivity index (χ0v) is 12.2. The van der Waals surface area contributed by atoms with E-state index in [-0.39, 0.29) is 29.5 Å². The van der Waals surface area contributed by atoms with E-state index >= 15 is 0 Å². The molecule has 1 amide bonds. The van der Waals surface area contributed by atoms with Gasteiger partial charge in [0, 0.05) is 25.7 Å². The third kappa shape index (κ3) is 3.90. The van der Waals surface area contributed by atoms with Crippen LogP contribution in [0, 0.1) is 0 Å². The number of carbonyl (C=O) groups is 1. The molecular weight excluding hydrogens is 266 g/mol. The van der Waals surface area contributed by atoms with Crippen LogP contribution in [0.15, 0.2) is 0 Å². The van der Waals surface area contributed by atoms with Crippen LogP contribution in [-0.2, 0) is 14.6 Å². The Morgan fingerprint density at radius 3 is 2.74 bits per heavy atom.